The Balaban J connectivity index is 2.11. The molecule has 0 radical (unpaired) electrons. The lowest BCUT2D eigenvalue weighted by atomic mass is 10.1. The third-order valence-corrected chi connectivity index (χ3v) is 3.10. The van der Waals surface area contributed by atoms with Crippen LogP contribution in [0.25, 0.3) is 0 Å². The predicted molar refractivity (Wildman–Crippen MR) is 65.2 cm³/mol. The Labute approximate surface area is 99.1 Å². The van der Waals surface area contributed by atoms with Crippen LogP contribution in [-0.2, 0) is 0 Å². The van der Waals surface area contributed by atoms with E-state index in [0.717, 1.165) is 15.5 Å². The van der Waals surface area contributed by atoms with E-state index >= 15 is 0 Å². The van der Waals surface area contributed by atoms with Crippen LogP contribution in [0.3, 0.4) is 0 Å². The molecule has 16 heavy (non-hydrogen) atoms. The molecule has 0 amide bonds. The van der Waals surface area contributed by atoms with Crippen molar-refractivity contribution in [3.05, 3.63) is 48.4 Å². The zero-order valence-electron chi connectivity index (χ0n) is 9.00. The number of benzene rings is 1. The molecule has 0 saturated heterocycles. The van der Waals surface area contributed by atoms with Crippen molar-refractivity contribution in [2.45, 2.75) is 22.9 Å². The standard InChI is InChI=1S/C12H13N3S/c1-9(13)10-2-4-11(5-3-10)16-12-8-14-6-7-15-12/h2-9H,13H2,1H3/t9-/m1/s1. The van der Waals surface area contributed by atoms with Gasteiger partial charge >= 0.3 is 0 Å². The highest BCUT2D eigenvalue weighted by molar-refractivity contribution is 7.99. The van der Waals surface area contributed by atoms with Crippen molar-refractivity contribution in [2.75, 3.05) is 0 Å². The normalized spacial score (nSPS) is 12.4. The first kappa shape index (κ1) is 11.1. The molecule has 0 unspecified atom stereocenters. The van der Waals surface area contributed by atoms with E-state index in [9.17, 15) is 0 Å². The fraction of sp³-hybridized carbons (Fsp3) is 0.167. The van der Waals surface area contributed by atoms with E-state index in [2.05, 4.69) is 22.1 Å². The van der Waals surface area contributed by atoms with Crippen LogP contribution in [0.1, 0.15) is 18.5 Å². The first-order chi connectivity index (χ1) is 7.75. The van der Waals surface area contributed by atoms with E-state index in [1.165, 1.54) is 0 Å². The van der Waals surface area contributed by atoms with Gasteiger partial charge in [-0.2, -0.15) is 0 Å². The number of nitrogens with zero attached hydrogens (tertiary/aromatic N) is 2. The Bertz CT molecular complexity index is 440. The summed E-state index contributed by atoms with van der Waals surface area (Å²) in [4.78, 5) is 9.37. The van der Waals surface area contributed by atoms with Crippen LogP contribution in [0.15, 0.2) is 52.8 Å². The predicted octanol–water partition coefficient (Wildman–Crippen LogP) is 2.65. The van der Waals surface area contributed by atoms with Crippen LogP contribution in [0.4, 0.5) is 0 Å². The van der Waals surface area contributed by atoms with Crippen molar-refractivity contribution in [3.8, 4) is 0 Å². The second-order valence-electron chi connectivity index (χ2n) is 3.50. The van der Waals surface area contributed by atoms with Crippen molar-refractivity contribution in [3.63, 3.8) is 0 Å². The first-order valence-electron chi connectivity index (χ1n) is 5.05. The maximum Gasteiger partial charge on any atom is 0.119 e. The second-order valence-corrected chi connectivity index (χ2v) is 4.60. The molecule has 82 valence electrons. The van der Waals surface area contributed by atoms with Gasteiger partial charge in [0.25, 0.3) is 0 Å². The van der Waals surface area contributed by atoms with Crippen LogP contribution in [0, 0.1) is 0 Å². The smallest absolute Gasteiger partial charge is 0.119 e. The average molecular weight is 231 g/mol. The Morgan fingerprint density at radius 2 is 1.94 bits per heavy atom. The lowest BCUT2D eigenvalue weighted by Gasteiger charge is -2.06. The summed E-state index contributed by atoms with van der Waals surface area (Å²) < 4.78 is 0. The number of hydrogen-bond donors (Lipinski definition) is 1. The third kappa shape index (κ3) is 2.81. The number of hydrogen-bond acceptors (Lipinski definition) is 4. The van der Waals surface area contributed by atoms with Crippen LogP contribution in [0.2, 0.25) is 0 Å². The van der Waals surface area contributed by atoms with Crippen molar-refractivity contribution < 1.29 is 0 Å². The van der Waals surface area contributed by atoms with E-state index in [4.69, 9.17) is 5.73 Å². The lowest BCUT2D eigenvalue weighted by molar-refractivity contribution is 0.817. The third-order valence-electron chi connectivity index (χ3n) is 2.17. The van der Waals surface area contributed by atoms with Gasteiger partial charge in [-0.25, -0.2) is 4.98 Å². The van der Waals surface area contributed by atoms with E-state index in [1.807, 2.05) is 19.1 Å². The van der Waals surface area contributed by atoms with Gasteiger partial charge in [0.2, 0.25) is 0 Å². The molecule has 0 fully saturated rings. The molecule has 0 spiro atoms. The highest BCUT2D eigenvalue weighted by atomic mass is 32.2. The van der Waals surface area contributed by atoms with Crippen LogP contribution in [0.5, 0.6) is 0 Å². The van der Waals surface area contributed by atoms with Gasteiger partial charge in [0, 0.05) is 23.3 Å². The summed E-state index contributed by atoms with van der Waals surface area (Å²) >= 11 is 1.59. The summed E-state index contributed by atoms with van der Waals surface area (Å²) in [6, 6.07) is 8.28. The zero-order valence-corrected chi connectivity index (χ0v) is 9.82. The lowest BCUT2D eigenvalue weighted by Crippen LogP contribution is -2.04. The molecular formula is C12H13N3S. The van der Waals surface area contributed by atoms with Crippen molar-refractivity contribution in [1.82, 2.24) is 9.97 Å². The van der Waals surface area contributed by atoms with E-state index in [0.29, 0.717) is 0 Å². The molecule has 1 heterocycles. The molecule has 0 bridgehead atoms. The minimum atomic E-state index is 0.0792. The van der Waals surface area contributed by atoms with Crippen LogP contribution >= 0.6 is 11.8 Å². The van der Waals surface area contributed by atoms with Gasteiger partial charge < -0.3 is 5.73 Å². The SMILES string of the molecule is C[C@@H](N)c1ccc(Sc2cnccn2)cc1. The van der Waals surface area contributed by atoms with E-state index < -0.39 is 0 Å². The highest BCUT2D eigenvalue weighted by Gasteiger charge is 2.01. The van der Waals surface area contributed by atoms with Crippen molar-refractivity contribution in [2.24, 2.45) is 5.73 Å². The quantitative estimate of drug-likeness (QED) is 0.882. The monoisotopic (exact) mass is 231 g/mol. The van der Waals surface area contributed by atoms with Gasteiger partial charge in [0.15, 0.2) is 0 Å². The molecule has 0 aliphatic carbocycles. The molecule has 4 heteroatoms. The van der Waals surface area contributed by atoms with Crippen LogP contribution in [-0.4, -0.2) is 9.97 Å². The first-order valence-corrected chi connectivity index (χ1v) is 5.87. The number of rotatable bonds is 3. The molecule has 1 aromatic carbocycles. The summed E-state index contributed by atoms with van der Waals surface area (Å²) in [6.07, 6.45) is 5.12. The Morgan fingerprint density at radius 1 is 1.19 bits per heavy atom. The molecule has 2 rings (SSSR count). The summed E-state index contributed by atoms with van der Waals surface area (Å²) in [6.45, 7) is 1.98. The molecular weight excluding hydrogens is 218 g/mol. The fourth-order valence-electron chi connectivity index (χ4n) is 1.30. The van der Waals surface area contributed by atoms with Gasteiger partial charge in [0.1, 0.15) is 5.03 Å². The van der Waals surface area contributed by atoms with Crippen molar-refractivity contribution >= 4 is 11.8 Å². The van der Waals surface area contributed by atoms with Gasteiger partial charge in [-0.05, 0) is 24.6 Å². The maximum absolute atomic E-state index is 5.79. The molecule has 2 N–H and O–H groups in total. The van der Waals surface area contributed by atoms with Gasteiger partial charge in [-0.15, -0.1) is 0 Å². The number of aromatic nitrogens is 2. The van der Waals surface area contributed by atoms with Gasteiger partial charge in [0.05, 0.1) is 6.20 Å². The van der Waals surface area contributed by atoms with Crippen LogP contribution < -0.4 is 5.73 Å². The minimum absolute atomic E-state index is 0.0792. The summed E-state index contributed by atoms with van der Waals surface area (Å²) in [7, 11) is 0. The highest BCUT2D eigenvalue weighted by Crippen LogP contribution is 2.25. The molecule has 0 aliphatic rings. The second kappa shape index (κ2) is 5.09. The Morgan fingerprint density at radius 3 is 2.50 bits per heavy atom. The largest absolute Gasteiger partial charge is 0.324 e. The maximum atomic E-state index is 5.79. The molecule has 1 atom stereocenters. The summed E-state index contributed by atoms with van der Waals surface area (Å²) in [5.41, 5.74) is 6.93. The topological polar surface area (TPSA) is 51.8 Å². The molecule has 2 aromatic rings. The zero-order chi connectivity index (χ0) is 11.4. The minimum Gasteiger partial charge on any atom is -0.324 e. The Hall–Kier alpha value is -1.39. The Kier molecular flexibility index (Phi) is 3.54. The van der Waals surface area contributed by atoms with E-state index in [1.54, 1.807) is 30.4 Å². The van der Waals surface area contributed by atoms with Gasteiger partial charge in [-0.1, -0.05) is 23.9 Å². The average Bonchev–Trinajstić information content (AvgIpc) is 2.31. The van der Waals surface area contributed by atoms with E-state index in [-0.39, 0.29) is 6.04 Å². The summed E-state index contributed by atoms with van der Waals surface area (Å²) in [5.74, 6) is 0. The summed E-state index contributed by atoms with van der Waals surface area (Å²) in [5, 5.41) is 0.899. The molecule has 0 aliphatic heterocycles. The fourth-order valence-corrected chi connectivity index (χ4v) is 2.04. The molecule has 3 nitrogen and oxygen atoms in total. The molecule has 1 aromatic heterocycles. The molecule has 0 saturated carbocycles. The number of nitrogens with two attached hydrogens (primary N) is 1. The van der Waals surface area contributed by atoms with Crippen molar-refractivity contribution in [1.29, 1.82) is 0 Å². The van der Waals surface area contributed by atoms with Gasteiger partial charge in [-0.3, -0.25) is 4.98 Å².